The van der Waals surface area contributed by atoms with Crippen LogP contribution in [0.25, 0.3) is 0 Å². The minimum absolute atomic E-state index is 0. The Kier molecular flexibility index (Phi) is 6.11. The summed E-state index contributed by atoms with van der Waals surface area (Å²) in [7, 11) is -1.21. The first kappa shape index (κ1) is 21.6. The number of aliphatic imine (C=N–C) groups is 1. The fourth-order valence-corrected chi connectivity index (χ4v) is 8.03. The number of hydrogen-bond acceptors (Lipinski definition) is 4. The molecule has 8 heteroatoms. The topological polar surface area (TPSA) is 71.0 Å². The summed E-state index contributed by atoms with van der Waals surface area (Å²) in [5.74, 6) is 1.66. The van der Waals surface area contributed by atoms with Crippen LogP contribution in [-0.4, -0.2) is 68.7 Å². The lowest BCUT2D eigenvalue weighted by Gasteiger charge is -2.56. The predicted octanol–water partition coefficient (Wildman–Crippen LogP) is 2.43. The number of ether oxygens (including phenoxy) is 1. The van der Waals surface area contributed by atoms with Crippen LogP contribution in [0.15, 0.2) is 4.99 Å². The lowest BCUT2D eigenvalue weighted by atomic mass is 9.57. The molecule has 3 atom stereocenters. The van der Waals surface area contributed by atoms with Crippen LogP contribution in [0, 0.1) is 11.3 Å². The van der Waals surface area contributed by atoms with E-state index in [0.29, 0.717) is 31.2 Å². The number of guanidine groups is 1. The van der Waals surface area contributed by atoms with Crippen LogP contribution in [0.1, 0.15) is 52.4 Å². The second kappa shape index (κ2) is 7.63. The van der Waals surface area contributed by atoms with Gasteiger partial charge in [0.05, 0.1) is 16.6 Å². The van der Waals surface area contributed by atoms with Gasteiger partial charge in [0.1, 0.15) is 0 Å². The maximum atomic E-state index is 12.9. The van der Waals surface area contributed by atoms with Crippen LogP contribution in [0.5, 0.6) is 0 Å². The summed E-state index contributed by atoms with van der Waals surface area (Å²) in [6, 6.07) is 0.342. The van der Waals surface area contributed by atoms with Gasteiger partial charge >= 0.3 is 0 Å². The quantitative estimate of drug-likeness (QED) is 0.333. The summed E-state index contributed by atoms with van der Waals surface area (Å²) in [5.41, 5.74) is 0.0848. The van der Waals surface area contributed by atoms with Crippen molar-refractivity contribution in [3.8, 4) is 0 Å². The van der Waals surface area contributed by atoms with Crippen molar-refractivity contribution in [2.45, 2.75) is 69.3 Å². The minimum Gasteiger partial charge on any atom is -0.377 e. The number of nitrogens with zero attached hydrogens (tertiary/aromatic N) is 2. The van der Waals surface area contributed by atoms with Crippen LogP contribution in [0.4, 0.5) is 0 Å². The molecule has 4 rings (SSSR count). The normalized spacial score (nSPS) is 36.5. The van der Waals surface area contributed by atoms with Gasteiger partial charge in [0.15, 0.2) is 15.8 Å². The Hall–Kier alpha value is -0.0900. The van der Waals surface area contributed by atoms with Crippen LogP contribution < -0.4 is 5.32 Å². The highest BCUT2D eigenvalue weighted by atomic mass is 127. The molecule has 0 aromatic rings. The van der Waals surface area contributed by atoms with Gasteiger partial charge in [0, 0.05) is 44.1 Å². The smallest absolute Gasteiger partial charge is 0.193 e. The molecule has 4 aliphatic rings. The second-order valence-corrected chi connectivity index (χ2v) is 11.7. The molecule has 0 radical (unpaired) electrons. The fourth-order valence-electron chi connectivity index (χ4n) is 5.87. The number of nitrogens with one attached hydrogen (secondary N) is 1. The number of sulfone groups is 1. The van der Waals surface area contributed by atoms with E-state index in [-0.39, 0.29) is 35.1 Å². The van der Waals surface area contributed by atoms with Crippen LogP contribution in [-0.2, 0) is 14.6 Å². The highest BCUT2D eigenvalue weighted by Crippen LogP contribution is 2.52. The number of fused-ring (bicyclic) bond motifs is 1. The molecule has 6 nitrogen and oxygen atoms in total. The van der Waals surface area contributed by atoms with E-state index in [1.807, 2.05) is 7.05 Å². The molecule has 0 aromatic heterocycles. The van der Waals surface area contributed by atoms with E-state index in [1.165, 1.54) is 0 Å². The van der Waals surface area contributed by atoms with Gasteiger partial charge in [-0.3, -0.25) is 4.99 Å². The summed E-state index contributed by atoms with van der Waals surface area (Å²) in [4.78, 5) is 6.73. The molecule has 3 unspecified atom stereocenters. The Labute approximate surface area is 180 Å². The van der Waals surface area contributed by atoms with Crippen molar-refractivity contribution in [3.05, 3.63) is 0 Å². The average Bonchev–Trinajstić information content (AvgIpc) is 3.06. The molecule has 0 amide bonds. The Morgan fingerprint density at radius 2 is 1.93 bits per heavy atom. The highest BCUT2D eigenvalue weighted by molar-refractivity contribution is 14.0. The minimum atomic E-state index is -3.02. The lowest BCUT2D eigenvalue weighted by Crippen LogP contribution is -2.69. The Morgan fingerprint density at radius 3 is 2.59 bits per heavy atom. The zero-order valence-electron chi connectivity index (χ0n) is 16.7. The largest absolute Gasteiger partial charge is 0.377 e. The zero-order chi connectivity index (χ0) is 18.6. The average molecular weight is 511 g/mol. The van der Waals surface area contributed by atoms with Gasteiger partial charge in [-0.05, 0) is 19.3 Å². The van der Waals surface area contributed by atoms with E-state index in [2.05, 4.69) is 29.1 Å². The van der Waals surface area contributed by atoms with E-state index in [1.54, 1.807) is 0 Å². The number of hydrogen-bond donors (Lipinski definition) is 1. The van der Waals surface area contributed by atoms with Gasteiger partial charge in [-0.25, -0.2) is 8.42 Å². The first-order valence-electron chi connectivity index (χ1n) is 10.1. The van der Waals surface area contributed by atoms with Crippen LogP contribution in [0.3, 0.4) is 0 Å². The van der Waals surface area contributed by atoms with Gasteiger partial charge in [-0.1, -0.05) is 33.1 Å². The molecule has 2 heterocycles. The van der Waals surface area contributed by atoms with Gasteiger partial charge in [0.25, 0.3) is 0 Å². The van der Waals surface area contributed by atoms with Gasteiger partial charge in [-0.15, -0.1) is 24.0 Å². The molecule has 0 aromatic carbocycles. The molecule has 2 saturated carbocycles. The molecule has 1 spiro atoms. The number of rotatable bonds is 1. The molecular formula is C19H34IN3O3S. The van der Waals surface area contributed by atoms with Crippen molar-refractivity contribution < 1.29 is 13.2 Å². The van der Waals surface area contributed by atoms with E-state index in [9.17, 15) is 8.42 Å². The summed E-state index contributed by atoms with van der Waals surface area (Å²) >= 11 is 0. The second-order valence-electron chi connectivity index (χ2n) is 9.22. The van der Waals surface area contributed by atoms with Gasteiger partial charge in [-0.2, -0.15) is 0 Å². The van der Waals surface area contributed by atoms with E-state index >= 15 is 0 Å². The molecular weight excluding hydrogens is 477 g/mol. The monoisotopic (exact) mass is 511 g/mol. The Morgan fingerprint density at radius 1 is 1.22 bits per heavy atom. The van der Waals surface area contributed by atoms with Crippen molar-refractivity contribution in [2.24, 2.45) is 16.3 Å². The Balaban J connectivity index is 0.00000210. The van der Waals surface area contributed by atoms with Crippen LogP contribution in [0.2, 0.25) is 0 Å². The predicted molar refractivity (Wildman–Crippen MR) is 119 cm³/mol. The van der Waals surface area contributed by atoms with Gasteiger partial charge < -0.3 is 15.0 Å². The van der Waals surface area contributed by atoms with E-state index < -0.39 is 14.6 Å². The summed E-state index contributed by atoms with van der Waals surface area (Å²) < 4.78 is 31.1. The van der Waals surface area contributed by atoms with Crippen LogP contribution >= 0.6 is 24.0 Å². The van der Waals surface area contributed by atoms with Crippen molar-refractivity contribution >= 4 is 39.8 Å². The van der Waals surface area contributed by atoms with Crippen molar-refractivity contribution in [3.63, 3.8) is 0 Å². The van der Waals surface area contributed by atoms with Gasteiger partial charge in [0.2, 0.25) is 0 Å². The fraction of sp³-hybridized carbons (Fsp3) is 0.947. The number of halogens is 1. The van der Waals surface area contributed by atoms with E-state index in [0.717, 1.165) is 51.1 Å². The SMILES string of the molecule is CN=C(NC1C2CCOC2C1(C)C)N1CCS(=O)(=O)C2(CCCCC2)C1.I. The highest BCUT2D eigenvalue weighted by Gasteiger charge is 2.60. The third-order valence-corrected chi connectivity index (χ3v) is 10.0. The molecule has 2 saturated heterocycles. The Bertz CT molecular complexity index is 688. The third-order valence-electron chi connectivity index (χ3n) is 7.43. The van der Waals surface area contributed by atoms with E-state index in [4.69, 9.17) is 4.74 Å². The summed E-state index contributed by atoms with van der Waals surface area (Å²) in [6.45, 7) is 6.50. The van der Waals surface area contributed by atoms with Crippen molar-refractivity contribution in [1.82, 2.24) is 10.2 Å². The first-order valence-corrected chi connectivity index (χ1v) is 11.8. The molecule has 156 valence electrons. The maximum Gasteiger partial charge on any atom is 0.193 e. The standard InChI is InChI=1S/C19H33N3O3S.HI/c1-18(2)15(14-7-11-25-16(14)18)21-17(20-3)22-10-12-26(23,24)19(13-22)8-5-4-6-9-19;/h14-16H,4-13H2,1-3H3,(H,20,21);1H. The third kappa shape index (κ3) is 3.41. The maximum absolute atomic E-state index is 12.9. The van der Waals surface area contributed by atoms with Crippen molar-refractivity contribution in [2.75, 3.05) is 32.5 Å². The lowest BCUT2D eigenvalue weighted by molar-refractivity contribution is -0.107. The molecule has 27 heavy (non-hydrogen) atoms. The molecule has 2 aliphatic heterocycles. The molecule has 4 fully saturated rings. The van der Waals surface area contributed by atoms with Crippen molar-refractivity contribution in [1.29, 1.82) is 0 Å². The summed E-state index contributed by atoms with van der Waals surface area (Å²) in [5, 5.41) is 3.68. The zero-order valence-corrected chi connectivity index (χ0v) is 19.9. The summed E-state index contributed by atoms with van der Waals surface area (Å²) in [6.07, 6.45) is 6.24. The first-order chi connectivity index (χ1) is 12.3. The molecule has 2 aliphatic carbocycles. The molecule has 0 bridgehead atoms. The molecule has 1 N–H and O–H groups in total.